The van der Waals surface area contributed by atoms with Crippen molar-refractivity contribution in [1.29, 1.82) is 0 Å². The maximum Gasteiger partial charge on any atom is 0.0506 e. The molecule has 0 bridgehead atoms. The fourth-order valence-electron chi connectivity index (χ4n) is 1.89. The number of rotatable bonds is 2. The predicted octanol–water partition coefficient (Wildman–Crippen LogP) is 3.37. The topological polar surface area (TPSA) is 30.9 Å². The summed E-state index contributed by atoms with van der Waals surface area (Å²) < 4.78 is 2.30. The van der Waals surface area contributed by atoms with Crippen LogP contribution in [0.1, 0.15) is 27.2 Å². The van der Waals surface area contributed by atoms with Gasteiger partial charge >= 0.3 is 0 Å². The van der Waals surface area contributed by atoms with Crippen LogP contribution >= 0.6 is 0 Å². The van der Waals surface area contributed by atoms with Gasteiger partial charge in [0, 0.05) is 22.8 Å². The predicted molar refractivity (Wildman–Crippen MR) is 66.0 cm³/mol. The van der Waals surface area contributed by atoms with Crippen LogP contribution in [0.2, 0.25) is 0 Å². The number of nitrogens with zero attached hydrogens (tertiary/aromatic N) is 1. The molecule has 0 saturated heterocycles. The molecule has 0 spiro atoms. The van der Waals surface area contributed by atoms with Gasteiger partial charge in [0.1, 0.15) is 0 Å². The van der Waals surface area contributed by atoms with Crippen LogP contribution in [0.3, 0.4) is 0 Å². The Morgan fingerprint density at radius 2 is 2.00 bits per heavy atom. The van der Waals surface area contributed by atoms with Crippen LogP contribution in [0.15, 0.2) is 30.5 Å². The molecule has 2 nitrogen and oxygen atoms in total. The number of nitrogen functional groups attached to an aromatic ring is 1. The van der Waals surface area contributed by atoms with Crippen LogP contribution in [0.4, 0.5) is 5.69 Å². The van der Waals surface area contributed by atoms with E-state index >= 15 is 0 Å². The fourth-order valence-corrected chi connectivity index (χ4v) is 1.89. The quantitative estimate of drug-likeness (QED) is 0.744. The van der Waals surface area contributed by atoms with Crippen LogP contribution in [0.25, 0.3) is 10.9 Å². The van der Waals surface area contributed by atoms with Crippen LogP contribution in [-0.4, -0.2) is 4.57 Å². The van der Waals surface area contributed by atoms with E-state index in [1.54, 1.807) is 0 Å². The highest BCUT2D eigenvalue weighted by atomic mass is 15.0. The first-order chi connectivity index (χ1) is 7.06. The van der Waals surface area contributed by atoms with Crippen molar-refractivity contribution in [3.05, 3.63) is 30.5 Å². The lowest BCUT2D eigenvalue weighted by atomic mass is 10.0. The molecule has 0 saturated carbocycles. The van der Waals surface area contributed by atoms with Crippen molar-refractivity contribution in [3.8, 4) is 0 Å². The Kier molecular flexibility index (Phi) is 2.22. The van der Waals surface area contributed by atoms with Gasteiger partial charge in [-0.1, -0.05) is 13.0 Å². The Hall–Kier alpha value is -1.44. The SMILES string of the molecule is CCC(C)(C)n1ccc2c(N)cccc21. The number of anilines is 1. The summed E-state index contributed by atoms with van der Waals surface area (Å²) in [4.78, 5) is 0. The average molecular weight is 202 g/mol. The standard InChI is InChI=1S/C13H18N2/c1-4-13(2,3)15-9-8-10-11(14)6-5-7-12(10)15/h5-9H,4,14H2,1-3H3. The molecule has 0 atom stereocenters. The van der Waals surface area contributed by atoms with Gasteiger partial charge in [0.25, 0.3) is 0 Å². The largest absolute Gasteiger partial charge is 0.398 e. The van der Waals surface area contributed by atoms with E-state index in [2.05, 4.69) is 43.7 Å². The summed E-state index contributed by atoms with van der Waals surface area (Å²) in [7, 11) is 0. The highest BCUT2D eigenvalue weighted by Gasteiger charge is 2.19. The summed E-state index contributed by atoms with van der Waals surface area (Å²) in [5.74, 6) is 0. The lowest BCUT2D eigenvalue weighted by Crippen LogP contribution is -2.23. The van der Waals surface area contributed by atoms with Gasteiger partial charge in [-0.05, 0) is 38.5 Å². The van der Waals surface area contributed by atoms with Gasteiger partial charge in [-0.2, -0.15) is 0 Å². The molecule has 0 amide bonds. The van der Waals surface area contributed by atoms with Gasteiger partial charge in [-0.3, -0.25) is 0 Å². The van der Waals surface area contributed by atoms with Crippen LogP contribution in [0.5, 0.6) is 0 Å². The molecule has 15 heavy (non-hydrogen) atoms. The van der Waals surface area contributed by atoms with Gasteiger partial charge in [0.2, 0.25) is 0 Å². The second-order valence-corrected chi connectivity index (χ2v) is 4.63. The minimum atomic E-state index is 0.148. The Morgan fingerprint density at radius 1 is 1.27 bits per heavy atom. The third-order valence-electron chi connectivity index (χ3n) is 3.28. The number of hydrogen-bond acceptors (Lipinski definition) is 1. The maximum atomic E-state index is 5.94. The highest BCUT2D eigenvalue weighted by Crippen LogP contribution is 2.29. The first-order valence-corrected chi connectivity index (χ1v) is 5.42. The van der Waals surface area contributed by atoms with E-state index in [4.69, 9.17) is 5.73 Å². The maximum absolute atomic E-state index is 5.94. The van der Waals surface area contributed by atoms with E-state index in [1.165, 1.54) is 5.52 Å². The molecule has 0 fully saturated rings. The Bertz CT molecular complexity index is 480. The second kappa shape index (κ2) is 3.30. The van der Waals surface area contributed by atoms with E-state index in [1.807, 2.05) is 12.1 Å². The molecular formula is C13H18N2. The van der Waals surface area contributed by atoms with E-state index in [0.717, 1.165) is 17.5 Å². The molecule has 2 aromatic rings. The van der Waals surface area contributed by atoms with Crippen molar-refractivity contribution in [2.45, 2.75) is 32.7 Å². The van der Waals surface area contributed by atoms with Gasteiger partial charge in [0.15, 0.2) is 0 Å². The van der Waals surface area contributed by atoms with Crippen LogP contribution in [-0.2, 0) is 5.54 Å². The van der Waals surface area contributed by atoms with Gasteiger partial charge in [-0.15, -0.1) is 0 Å². The molecule has 80 valence electrons. The third-order valence-corrected chi connectivity index (χ3v) is 3.28. The summed E-state index contributed by atoms with van der Waals surface area (Å²) in [6, 6.07) is 8.19. The zero-order valence-corrected chi connectivity index (χ0v) is 9.62. The molecule has 1 heterocycles. The molecule has 0 aliphatic heterocycles. The number of nitrogens with two attached hydrogens (primary N) is 1. The van der Waals surface area contributed by atoms with Gasteiger partial charge in [-0.25, -0.2) is 0 Å². The summed E-state index contributed by atoms with van der Waals surface area (Å²) >= 11 is 0. The van der Waals surface area contributed by atoms with Crippen molar-refractivity contribution in [2.75, 3.05) is 5.73 Å². The molecule has 2 rings (SSSR count). The summed E-state index contributed by atoms with van der Waals surface area (Å²) in [5.41, 5.74) is 8.17. The third kappa shape index (κ3) is 1.50. The van der Waals surface area contributed by atoms with E-state index < -0.39 is 0 Å². The molecule has 0 radical (unpaired) electrons. The first-order valence-electron chi connectivity index (χ1n) is 5.42. The smallest absolute Gasteiger partial charge is 0.0506 e. The Balaban J connectivity index is 2.69. The number of aromatic nitrogens is 1. The Morgan fingerprint density at radius 3 is 2.67 bits per heavy atom. The second-order valence-electron chi connectivity index (χ2n) is 4.63. The number of fused-ring (bicyclic) bond motifs is 1. The fraction of sp³-hybridized carbons (Fsp3) is 0.385. The van der Waals surface area contributed by atoms with Crippen molar-refractivity contribution < 1.29 is 0 Å². The normalized spacial score (nSPS) is 12.2. The monoisotopic (exact) mass is 202 g/mol. The van der Waals surface area contributed by atoms with E-state index in [9.17, 15) is 0 Å². The lowest BCUT2D eigenvalue weighted by molar-refractivity contribution is 0.354. The molecule has 2 heteroatoms. The summed E-state index contributed by atoms with van der Waals surface area (Å²) in [6.45, 7) is 6.70. The van der Waals surface area contributed by atoms with Crippen LogP contribution < -0.4 is 5.73 Å². The minimum Gasteiger partial charge on any atom is -0.398 e. The molecule has 1 aromatic heterocycles. The number of benzene rings is 1. The first kappa shape index (κ1) is 10.1. The number of hydrogen-bond donors (Lipinski definition) is 1. The molecule has 0 aliphatic rings. The molecule has 0 unspecified atom stereocenters. The van der Waals surface area contributed by atoms with Crippen molar-refractivity contribution in [2.24, 2.45) is 0 Å². The highest BCUT2D eigenvalue weighted by molar-refractivity contribution is 5.91. The summed E-state index contributed by atoms with van der Waals surface area (Å²) in [5, 5.41) is 1.15. The zero-order chi connectivity index (χ0) is 11.1. The van der Waals surface area contributed by atoms with Crippen molar-refractivity contribution >= 4 is 16.6 Å². The van der Waals surface area contributed by atoms with E-state index in [-0.39, 0.29) is 5.54 Å². The lowest BCUT2D eigenvalue weighted by Gasteiger charge is -2.26. The molecule has 1 aromatic carbocycles. The van der Waals surface area contributed by atoms with Crippen molar-refractivity contribution in [3.63, 3.8) is 0 Å². The van der Waals surface area contributed by atoms with Gasteiger partial charge < -0.3 is 10.3 Å². The van der Waals surface area contributed by atoms with Gasteiger partial charge in [0.05, 0.1) is 5.52 Å². The molecular weight excluding hydrogens is 184 g/mol. The summed E-state index contributed by atoms with van der Waals surface area (Å²) in [6.07, 6.45) is 3.23. The zero-order valence-electron chi connectivity index (χ0n) is 9.62. The molecule has 2 N–H and O–H groups in total. The van der Waals surface area contributed by atoms with E-state index in [0.29, 0.717) is 0 Å². The average Bonchev–Trinajstić information content (AvgIpc) is 2.63. The Labute approximate surface area is 90.7 Å². The van der Waals surface area contributed by atoms with Crippen molar-refractivity contribution in [1.82, 2.24) is 4.57 Å². The minimum absolute atomic E-state index is 0.148. The van der Waals surface area contributed by atoms with Crippen LogP contribution in [0, 0.1) is 0 Å². The molecule has 0 aliphatic carbocycles.